The van der Waals surface area contributed by atoms with Crippen molar-refractivity contribution >= 4 is 29.1 Å². The maximum atomic E-state index is 12.7. The Morgan fingerprint density at radius 2 is 1.83 bits per heavy atom. The van der Waals surface area contributed by atoms with E-state index in [0.717, 1.165) is 11.1 Å². The van der Waals surface area contributed by atoms with Crippen LogP contribution >= 0.6 is 0 Å². The first-order valence-electron chi connectivity index (χ1n) is 9.20. The van der Waals surface area contributed by atoms with E-state index in [1.165, 1.54) is 6.26 Å². The number of para-hydroxylation sites is 1. The van der Waals surface area contributed by atoms with E-state index < -0.39 is 5.92 Å². The topological polar surface area (TPSA) is 100 Å². The number of amides is 3. The number of rotatable bonds is 5. The highest BCUT2D eigenvalue weighted by atomic mass is 16.3. The molecule has 1 aliphatic heterocycles. The molecule has 1 aliphatic rings. The molecule has 7 nitrogen and oxygen atoms in total. The van der Waals surface area contributed by atoms with Gasteiger partial charge in [0.15, 0.2) is 5.76 Å². The van der Waals surface area contributed by atoms with E-state index in [-0.39, 0.29) is 29.9 Å². The lowest BCUT2D eigenvalue weighted by Crippen LogP contribution is -2.34. The molecule has 146 valence electrons. The van der Waals surface area contributed by atoms with Crippen LogP contribution in [-0.2, 0) is 16.1 Å². The van der Waals surface area contributed by atoms with Crippen LogP contribution in [0.15, 0.2) is 71.3 Å². The summed E-state index contributed by atoms with van der Waals surface area (Å²) in [6.45, 7) is 0.325. The first-order chi connectivity index (χ1) is 14.1. The third-order valence-electron chi connectivity index (χ3n) is 4.74. The van der Waals surface area contributed by atoms with Gasteiger partial charge >= 0.3 is 0 Å². The van der Waals surface area contributed by atoms with E-state index in [0.29, 0.717) is 17.9 Å². The summed E-state index contributed by atoms with van der Waals surface area (Å²) in [5.41, 5.74) is 3.00. The summed E-state index contributed by atoms with van der Waals surface area (Å²) in [6, 6.07) is 17.7. The Morgan fingerprint density at radius 3 is 2.59 bits per heavy atom. The molecular weight excluding hydrogens is 370 g/mol. The third kappa shape index (κ3) is 4.19. The van der Waals surface area contributed by atoms with Gasteiger partial charge in [-0.05, 0) is 41.5 Å². The Kier molecular flexibility index (Phi) is 5.11. The molecule has 2 aromatic carbocycles. The highest BCUT2D eigenvalue weighted by molar-refractivity contribution is 6.02. The first kappa shape index (κ1) is 18.5. The zero-order valence-corrected chi connectivity index (χ0v) is 15.5. The third-order valence-corrected chi connectivity index (χ3v) is 4.74. The summed E-state index contributed by atoms with van der Waals surface area (Å²) in [5.74, 6) is -0.960. The van der Waals surface area contributed by atoms with Crippen LogP contribution < -0.4 is 16.0 Å². The Hall–Kier alpha value is -3.87. The van der Waals surface area contributed by atoms with Gasteiger partial charge in [-0.3, -0.25) is 14.4 Å². The maximum Gasteiger partial charge on any atom is 0.291 e. The van der Waals surface area contributed by atoms with E-state index in [1.54, 1.807) is 30.3 Å². The second-order valence-electron chi connectivity index (χ2n) is 6.74. The van der Waals surface area contributed by atoms with Gasteiger partial charge in [0, 0.05) is 24.3 Å². The number of fused-ring (bicyclic) bond motifs is 1. The lowest BCUT2D eigenvalue weighted by Gasteiger charge is -2.24. The summed E-state index contributed by atoms with van der Waals surface area (Å²) in [5, 5.41) is 8.42. The Labute approximate surface area is 167 Å². The number of nitrogens with one attached hydrogen (secondary N) is 3. The van der Waals surface area contributed by atoms with Gasteiger partial charge in [0.05, 0.1) is 12.2 Å². The molecule has 0 spiro atoms. The lowest BCUT2D eigenvalue weighted by molar-refractivity contribution is -0.126. The SMILES string of the molecule is O=C1CC(C(=O)NCc2ccc(NC(=O)c3ccco3)cc2)c2ccccc2N1. The Bertz CT molecular complexity index is 1040. The van der Waals surface area contributed by atoms with Gasteiger partial charge in [-0.2, -0.15) is 0 Å². The molecule has 1 unspecified atom stereocenters. The van der Waals surface area contributed by atoms with Crippen LogP contribution in [0.2, 0.25) is 0 Å². The average molecular weight is 389 g/mol. The normalized spacial score (nSPS) is 15.2. The molecule has 29 heavy (non-hydrogen) atoms. The van der Waals surface area contributed by atoms with Gasteiger partial charge in [0.2, 0.25) is 11.8 Å². The molecule has 3 amide bonds. The zero-order valence-electron chi connectivity index (χ0n) is 15.5. The monoisotopic (exact) mass is 389 g/mol. The van der Waals surface area contributed by atoms with Crippen molar-refractivity contribution in [1.82, 2.24) is 5.32 Å². The minimum Gasteiger partial charge on any atom is -0.459 e. The number of furan rings is 1. The highest BCUT2D eigenvalue weighted by Gasteiger charge is 2.30. The number of hydrogen-bond donors (Lipinski definition) is 3. The minimum absolute atomic E-state index is 0.126. The Balaban J connectivity index is 1.36. The van der Waals surface area contributed by atoms with E-state index >= 15 is 0 Å². The van der Waals surface area contributed by atoms with Gasteiger partial charge in [-0.1, -0.05) is 30.3 Å². The molecule has 0 aliphatic carbocycles. The molecule has 2 heterocycles. The second-order valence-corrected chi connectivity index (χ2v) is 6.74. The predicted molar refractivity (Wildman–Crippen MR) is 107 cm³/mol. The fourth-order valence-corrected chi connectivity index (χ4v) is 3.26. The van der Waals surface area contributed by atoms with Crippen molar-refractivity contribution in [3.05, 3.63) is 83.8 Å². The van der Waals surface area contributed by atoms with Gasteiger partial charge < -0.3 is 20.4 Å². The fraction of sp³-hybridized carbons (Fsp3) is 0.136. The summed E-state index contributed by atoms with van der Waals surface area (Å²) in [7, 11) is 0. The van der Waals surface area contributed by atoms with Crippen LogP contribution in [0.1, 0.15) is 34.0 Å². The molecule has 0 radical (unpaired) electrons. The largest absolute Gasteiger partial charge is 0.459 e. The number of carbonyl (C=O) groups is 3. The molecule has 1 atom stereocenters. The fourth-order valence-electron chi connectivity index (χ4n) is 3.26. The number of hydrogen-bond acceptors (Lipinski definition) is 4. The number of carbonyl (C=O) groups excluding carboxylic acids is 3. The minimum atomic E-state index is -0.508. The summed E-state index contributed by atoms with van der Waals surface area (Å²) in [6.07, 6.45) is 1.57. The predicted octanol–water partition coefficient (Wildman–Crippen LogP) is 3.27. The molecule has 7 heteroatoms. The van der Waals surface area contributed by atoms with Gasteiger partial charge in [-0.15, -0.1) is 0 Å². The van der Waals surface area contributed by atoms with Crippen LogP contribution in [0.25, 0.3) is 0 Å². The molecule has 0 saturated carbocycles. The molecule has 3 aromatic rings. The van der Waals surface area contributed by atoms with Crippen molar-refractivity contribution in [3.63, 3.8) is 0 Å². The van der Waals surface area contributed by atoms with E-state index in [4.69, 9.17) is 4.42 Å². The molecule has 4 rings (SSSR count). The van der Waals surface area contributed by atoms with E-state index in [2.05, 4.69) is 16.0 Å². The lowest BCUT2D eigenvalue weighted by atomic mass is 9.90. The van der Waals surface area contributed by atoms with Crippen molar-refractivity contribution in [1.29, 1.82) is 0 Å². The molecule has 0 fully saturated rings. The Morgan fingerprint density at radius 1 is 1.03 bits per heavy atom. The zero-order chi connectivity index (χ0) is 20.2. The van der Waals surface area contributed by atoms with Gasteiger partial charge in [0.25, 0.3) is 5.91 Å². The van der Waals surface area contributed by atoms with Crippen molar-refractivity contribution in [2.75, 3.05) is 10.6 Å². The van der Waals surface area contributed by atoms with Crippen molar-refractivity contribution in [2.45, 2.75) is 18.9 Å². The standard InChI is InChI=1S/C22H19N3O4/c26-20-12-17(16-4-1-2-5-18(16)25-20)21(27)23-13-14-7-9-15(10-8-14)24-22(28)19-6-3-11-29-19/h1-11,17H,12-13H2,(H,23,27)(H,24,28)(H,25,26). The second kappa shape index (κ2) is 8.02. The van der Waals surface area contributed by atoms with Crippen LogP contribution in [0, 0.1) is 0 Å². The molecule has 0 saturated heterocycles. The van der Waals surface area contributed by atoms with Gasteiger partial charge in [0.1, 0.15) is 0 Å². The molecular formula is C22H19N3O4. The van der Waals surface area contributed by atoms with E-state index in [1.807, 2.05) is 30.3 Å². The summed E-state index contributed by atoms with van der Waals surface area (Å²) < 4.78 is 5.06. The van der Waals surface area contributed by atoms with Crippen molar-refractivity contribution in [3.8, 4) is 0 Å². The average Bonchev–Trinajstić information content (AvgIpc) is 3.27. The molecule has 0 bridgehead atoms. The first-order valence-corrected chi connectivity index (χ1v) is 9.20. The van der Waals surface area contributed by atoms with Gasteiger partial charge in [-0.25, -0.2) is 0 Å². The molecule has 3 N–H and O–H groups in total. The maximum absolute atomic E-state index is 12.7. The molecule has 1 aromatic heterocycles. The van der Waals surface area contributed by atoms with Crippen LogP contribution in [-0.4, -0.2) is 17.7 Å². The highest BCUT2D eigenvalue weighted by Crippen LogP contribution is 2.32. The summed E-state index contributed by atoms with van der Waals surface area (Å²) >= 11 is 0. The van der Waals surface area contributed by atoms with Crippen LogP contribution in [0.5, 0.6) is 0 Å². The quantitative estimate of drug-likeness (QED) is 0.623. The summed E-state index contributed by atoms with van der Waals surface area (Å²) in [4.78, 5) is 36.5. The van der Waals surface area contributed by atoms with E-state index in [9.17, 15) is 14.4 Å². The van der Waals surface area contributed by atoms with Crippen LogP contribution in [0.3, 0.4) is 0 Å². The number of anilines is 2. The van der Waals surface area contributed by atoms with Crippen molar-refractivity contribution < 1.29 is 18.8 Å². The smallest absolute Gasteiger partial charge is 0.291 e. The van der Waals surface area contributed by atoms with Crippen LogP contribution in [0.4, 0.5) is 11.4 Å². The number of benzene rings is 2. The van der Waals surface area contributed by atoms with Crippen molar-refractivity contribution in [2.24, 2.45) is 0 Å².